The molecule has 0 amide bonds. The molecule has 0 fully saturated rings. The Balaban J connectivity index is 2.05. The van der Waals surface area contributed by atoms with E-state index in [1.807, 2.05) is 20.8 Å². The molecule has 3 aromatic rings. The number of carbonyl (C=O) groups excluding carboxylic acids is 1. The summed E-state index contributed by atoms with van der Waals surface area (Å²) in [5.41, 5.74) is 8.81. The van der Waals surface area contributed by atoms with E-state index in [0.29, 0.717) is 0 Å². The molecule has 4 nitrogen and oxygen atoms in total. The highest BCUT2D eigenvalue weighted by Crippen LogP contribution is 2.47. The molecule has 1 atom stereocenters. The fourth-order valence-electron chi connectivity index (χ4n) is 4.29. The highest BCUT2D eigenvalue weighted by atomic mass is 32.2. The number of aromatic nitrogens is 1. The summed E-state index contributed by atoms with van der Waals surface area (Å²) in [7, 11) is 0. The molecule has 1 aliphatic rings. The second kappa shape index (κ2) is 8.72. The molecule has 0 radical (unpaired) electrons. The van der Waals surface area contributed by atoms with Crippen molar-refractivity contribution in [3.63, 3.8) is 0 Å². The van der Waals surface area contributed by atoms with Crippen LogP contribution in [0.4, 0.5) is 5.69 Å². The summed E-state index contributed by atoms with van der Waals surface area (Å²) < 4.78 is 8.50. The van der Waals surface area contributed by atoms with E-state index in [0.717, 1.165) is 52.2 Å². The third-order valence-electron chi connectivity index (χ3n) is 5.73. The number of benzene rings is 2. The van der Waals surface area contributed by atoms with Gasteiger partial charge in [-0.2, -0.15) is 0 Å². The molecule has 0 N–H and O–H groups in total. The first-order valence-corrected chi connectivity index (χ1v) is 12.1. The van der Waals surface area contributed by atoms with Crippen molar-refractivity contribution in [3.05, 3.63) is 70.8 Å². The van der Waals surface area contributed by atoms with Gasteiger partial charge >= 0.3 is 0 Å². The summed E-state index contributed by atoms with van der Waals surface area (Å²) in [4.78, 5) is 17.5. The summed E-state index contributed by atoms with van der Waals surface area (Å²) in [6.07, 6.45) is 2.28. The molecule has 0 bridgehead atoms. The van der Waals surface area contributed by atoms with E-state index in [1.54, 1.807) is 11.9 Å². The van der Waals surface area contributed by atoms with Crippen molar-refractivity contribution < 1.29 is 9.53 Å². The molecule has 32 heavy (non-hydrogen) atoms. The molecule has 1 aromatic heterocycles. The molecule has 0 saturated heterocycles. The zero-order valence-electron chi connectivity index (χ0n) is 19.6. The van der Waals surface area contributed by atoms with Crippen LogP contribution >= 0.6 is 11.9 Å². The Kier molecular flexibility index (Phi) is 6.15. The van der Waals surface area contributed by atoms with E-state index < -0.39 is 11.7 Å². The van der Waals surface area contributed by atoms with Crippen molar-refractivity contribution in [1.29, 1.82) is 0 Å². The molecule has 0 aliphatic carbocycles. The number of carbonyl (C=O) groups is 1. The van der Waals surface area contributed by atoms with Crippen molar-refractivity contribution in [1.82, 2.24) is 4.98 Å². The monoisotopic (exact) mass is 446 g/mol. The molecule has 2 aromatic carbocycles. The summed E-state index contributed by atoms with van der Waals surface area (Å²) in [6, 6.07) is 16.7. The van der Waals surface area contributed by atoms with Gasteiger partial charge in [-0.1, -0.05) is 66.0 Å². The number of anilines is 1. The van der Waals surface area contributed by atoms with Crippen LogP contribution in [0.1, 0.15) is 49.1 Å². The standard InChI is InChI=1S/C27H30N2O2S/c1-17-11-13-19(14-12-17)24-23(22(16-30)31-27(3,4)5)18(2)26-25(28-24)21-10-8-7-9-20(21)15-29(26)32-6/h7-14,16,22H,15H2,1-6H3. The number of nitrogens with zero attached hydrogens (tertiary/aromatic N) is 2. The number of fused-ring (bicyclic) bond motifs is 3. The topological polar surface area (TPSA) is 42.4 Å². The van der Waals surface area contributed by atoms with Gasteiger partial charge in [0, 0.05) is 22.9 Å². The average molecular weight is 447 g/mol. The maximum atomic E-state index is 12.3. The number of aldehydes is 1. The molecule has 1 unspecified atom stereocenters. The molecule has 1 aliphatic heterocycles. The lowest BCUT2D eigenvalue weighted by Gasteiger charge is -2.34. The third-order valence-corrected chi connectivity index (χ3v) is 6.48. The Hall–Kier alpha value is -2.63. The number of rotatable bonds is 5. The summed E-state index contributed by atoms with van der Waals surface area (Å²) in [5, 5.41) is 0. The molecule has 4 rings (SSSR count). The molecule has 5 heteroatoms. The van der Waals surface area contributed by atoms with Crippen molar-refractivity contribution in [2.24, 2.45) is 0 Å². The van der Waals surface area contributed by atoms with Gasteiger partial charge in [0.25, 0.3) is 0 Å². The second-order valence-corrected chi connectivity index (χ2v) is 10.0. The van der Waals surface area contributed by atoms with Crippen LogP contribution < -0.4 is 4.31 Å². The fraction of sp³-hybridized carbons (Fsp3) is 0.333. The summed E-state index contributed by atoms with van der Waals surface area (Å²) in [6.45, 7) is 10.9. The van der Waals surface area contributed by atoms with E-state index in [2.05, 4.69) is 72.9 Å². The van der Waals surface area contributed by atoms with Crippen molar-refractivity contribution in [3.8, 4) is 22.5 Å². The van der Waals surface area contributed by atoms with Gasteiger partial charge in [0.15, 0.2) is 6.29 Å². The molecule has 2 heterocycles. The molecular formula is C27H30N2O2S. The van der Waals surface area contributed by atoms with Crippen LogP contribution in [-0.2, 0) is 16.1 Å². The van der Waals surface area contributed by atoms with Gasteiger partial charge in [-0.05, 0) is 45.7 Å². The van der Waals surface area contributed by atoms with Crippen LogP contribution in [0.5, 0.6) is 0 Å². The zero-order chi connectivity index (χ0) is 23.0. The zero-order valence-corrected chi connectivity index (χ0v) is 20.4. The number of aryl methyl sites for hydroxylation is 1. The highest BCUT2D eigenvalue weighted by Gasteiger charge is 2.32. The van der Waals surface area contributed by atoms with Crippen LogP contribution in [0.2, 0.25) is 0 Å². The Bertz CT molecular complexity index is 1150. The Morgan fingerprint density at radius 2 is 1.75 bits per heavy atom. The van der Waals surface area contributed by atoms with Gasteiger partial charge < -0.3 is 13.8 Å². The first kappa shape index (κ1) is 22.6. The van der Waals surface area contributed by atoms with Crippen LogP contribution in [0.15, 0.2) is 48.5 Å². The van der Waals surface area contributed by atoms with Crippen LogP contribution in [-0.4, -0.2) is 23.1 Å². The van der Waals surface area contributed by atoms with Crippen molar-refractivity contribution in [2.45, 2.75) is 52.9 Å². The lowest BCUT2D eigenvalue weighted by molar-refractivity contribution is -0.128. The second-order valence-electron chi connectivity index (χ2n) is 9.23. The number of hydrogen-bond acceptors (Lipinski definition) is 5. The van der Waals surface area contributed by atoms with Crippen LogP contribution in [0.3, 0.4) is 0 Å². The Morgan fingerprint density at radius 3 is 2.38 bits per heavy atom. The fourth-order valence-corrected chi connectivity index (χ4v) is 4.97. The minimum atomic E-state index is -0.704. The van der Waals surface area contributed by atoms with E-state index in [-0.39, 0.29) is 0 Å². The maximum absolute atomic E-state index is 12.3. The predicted molar refractivity (Wildman–Crippen MR) is 134 cm³/mol. The van der Waals surface area contributed by atoms with Crippen molar-refractivity contribution in [2.75, 3.05) is 10.6 Å². The van der Waals surface area contributed by atoms with Gasteiger partial charge in [0.05, 0.1) is 29.2 Å². The van der Waals surface area contributed by atoms with E-state index in [1.165, 1.54) is 11.1 Å². The van der Waals surface area contributed by atoms with E-state index in [4.69, 9.17) is 9.72 Å². The van der Waals surface area contributed by atoms with Gasteiger partial charge in [-0.3, -0.25) is 0 Å². The van der Waals surface area contributed by atoms with Crippen LogP contribution in [0, 0.1) is 13.8 Å². The lowest BCUT2D eigenvalue weighted by atomic mass is 9.90. The van der Waals surface area contributed by atoms with Crippen LogP contribution in [0.25, 0.3) is 22.5 Å². The average Bonchev–Trinajstić information content (AvgIpc) is 2.76. The molecule has 0 spiro atoms. The lowest BCUT2D eigenvalue weighted by Crippen LogP contribution is -2.26. The predicted octanol–water partition coefficient (Wildman–Crippen LogP) is 6.69. The highest BCUT2D eigenvalue weighted by molar-refractivity contribution is 7.99. The van der Waals surface area contributed by atoms with Gasteiger partial charge in [0.1, 0.15) is 6.10 Å². The minimum Gasteiger partial charge on any atom is -0.360 e. The first-order valence-electron chi connectivity index (χ1n) is 10.9. The number of hydrogen-bond donors (Lipinski definition) is 0. The number of ether oxygens (including phenoxy) is 1. The largest absolute Gasteiger partial charge is 0.360 e. The van der Waals surface area contributed by atoms with Gasteiger partial charge in [-0.15, -0.1) is 0 Å². The smallest absolute Gasteiger partial charge is 0.153 e. The molecular weight excluding hydrogens is 416 g/mol. The van der Waals surface area contributed by atoms with Gasteiger partial charge in [0.2, 0.25) is 0 Å². The van der Waals surface area contributed by atoms with E-state index >= 15 is 0 Å². The SMILES string of the molecule is CSN1Cc2ccccc2-c2nc(-c3ccc(C)cc3)c(C(C=O)OC(C)(C)C)c(C)c21. The summed E-state index contributed by atoms with van der Waals surface area (Å²) >= 11 is 1.68. The maximum Gasteiger partial charge on any atom is 0.153 e. The first-order chi connectivity index (χ1) is 15.2. The molecule has 0 saturated carbocycles. The minimum absolute atomic E-state index is 0.468. The van der Waals surface area contributed by atoms with Crippen molar-refractivity contribution >= 4 is 23.9 Å². The third kappa shape index (κ3) is 4.19. The Labute approximate surface area is 195 Å². The van der Waals surface area contributed by atoms with E-state index in [9.17, 15) is 4.79 Å². The number of pyridine rings is 1. The normalized spacial score (nSPS) is 14.0. The quantitative estimate of drug-likeness (QED) is 0.323. The molecule has 166 valence electrons. The van der Waals surface area contributed by atoms with Gasteiger partial charge in [-0.25, -0.2) is 4.98 Å². The Morgan fingerprint density at radius 1 is 1.06 bits per heavy atom. The summed E-state index contributed by atoms with van der Waals surface area (Å²) in [5.74, 6) is 0.